The van der Waals surface area contributed by atoms with Gasteiger partial charge in [-0.15, -0.1) is 0 Å². The number of hydrogen-bond donors (Lipinski definition) is 9. The zero-order valence-electron chi connectivity index (χ0n) is 23.1. The van der Waals surface area contributed by atoms with E-state index in [-0.39, 0.29) is 43.4 Å². The van der Waals surface area contributed by atoms with Gasteiger partial charge in [0.2, 0.25) is 17.7 Å². The maximum Gasteiger partial charge on any atom is 0.326 e. The number of nitrogens with one attached hydrogen (secondary N) is 3. The number of carboxylic acids is 1. The van der Waals surface area contributed by atoms with Crippen LogP contribution in [0.4, 0.5) is 0 Å². The number of carbonyl (C=O) groups excluding carboxylic acids is 3. The molecule has 0 saturated heterocycles. The first kappa shape index (κ1) is 34.1. The highest BCUT2D eigenvalue weighted by Crippen LogP contribution is 2.12. The molecule has 4 unspecified atom stereocenters. The second-order valence-corrected chi connectivity index (χ2v) is 9.90. The van der Waals surface area contributed by atoms with Crippen LogP contribution in [0.25, 0.3) is 0 Å². The van der Waals surface area contributed by atoms with Crippen LogP contribution in [0.2, 0.25) is 0 Å². The molecule has 4 atom stereocenters. The molecule has 14 nitrogen and oxygen atoms in total. The summed E-state index contributed by atoms with van der Waals surface area (Å²) >= 11 is 0. The third kappa shape index (κ3) is 12.8. The Morgan fingerprint density at radius 1 is 0.875 bits per heavy atom. The quantitative estimate of drug-likeness (QED) is 0.0574. The molecule has 13 N–H and O–H groups in total. The Bertz CT molecular complexity index is 997. The molecule has 1 aromatic carbocycles. The number of phenols is 1. The van der Waals surface area contributed by atoms with Crippen molar-refractivity contribution in [3.8, 4) is 5.75 Å². The number of benzene rings is 1. The van der Waals surface area contributed by atoms with Gasteiger partial charge in [-0.3, -0.25) is 19.4 Å². The van der Waals surface area contributed by atoms with Crippen molar-refractivity contribution in [1.82, 2.24) is 16.0 Å². The van der Waals surface area contributed by atoms with Gasteiger partial charge in [0.25, 0.3) is 0 Å². The predicted octanol–water partition coefficient (Wildman–Crippen LogP) is -1.36. The van der Waals surface area contributed by atoms with Crippen molar-refractivity contribution in [2.24, 2.45) is 33.8 Å². The molecule has 0 aliphatic rings. The minimum absolute atomic E-state index is 0.0743. The molecule has 0 fully saturated rings. The van der Waals surface area contributed by atoms with Crippen LogP contribution in [-0.4, -0.2) is 77.1 Å². The Labute approximate surface area is 234 Å². The number of nitrogens with two attached hydrogens (primary N) is 4. The van der Waals surface area contributed by atoms with Gasteiger partial charge >= 0.3 is 5.97 Å². The summed E-state index contributed by atoms with van der Waals surface area (Å²) in [4.78, 5) is 54.6. The number of carboxylic acid groups (broad SMARTS) is 1. The Morgan fingerprint density at radius 2 is 1.48 bits per heavy atom. The second kappa shape index (κ2) is 17.6. The van der Waals surface area contributed by atoms with Gasteiger partial charge in [-0.2, -0.15) is 0 Å². The van der Waals surface area contributed by atoms with E-state index >= 15 is 0 Å². The van der Waals surface area contributed by atoms with E-state index in [1.807, 2.05) is 0 Å². The number of phenolic OH excluding ortho intramolecular Hbond substituents is 1. The summed E-state index contributed by atoms with van der Waals surface area (Å²) in [5.41, 5.74) is 22.9. The molecule has 1 aromatic rings. The first-order valence-corrected chi connectivity index (χ1v) is 13.3. The summed E-state index contributed by atoms with van der Waals surface area (Å²) in [6.45, 7) is 4.05. The van der Waals surface area contributed by atoms with Crippen molar-refractivity contribution in [3.05, 3.63) is 29.8 Å². The van der Waals surface area contributed by atoms with Crippen LogP contribution < -0.4 is 38.9 Å². The second-order valence-electron chi connectivity index (χ2n) is 9.90. The molecule has 0 heterocycles. The highest BCUT2D eigenvalue weighted by molar-refractivity contribution is 5.94. The lowest BCUT2D eigenvalue weighted by molar-refractivity contribution is -0.142. The number of hydrogen-bond acceptors (Lipinski definition) is 8. The van der Waals surface area contributed by atoms with Crippen molar-refractivity contribution in [2.75, 3.05) is 13.1 Å². The van der Waals surface area contributed by atoms with Gasteiger partial charge < -0.3 is 49.1 Å². The van der Waals surface area contributed by atoms with Crippen molar-refractivity contribution < 1.29 is 29.4 Å². The molecule has 3 amide bonds. The number of aliphatic imine (C=N–C) groups is 1. The SMILES string of the molecule is CC(C)C(NC(=O)C(N)Cc1ccc(O)cc1)C(=O)NC(CCCCN)C(=O)NC(CCCN=C(N)N)C(=O)O. The molecule has 224 valence electrons. The molecule has 0 aromatic heterocycles. The van der Waals surface area contributed by atoms with Crippen LogP contribution in [0.1, 0.15) is 51.5 Å². The Kier molecular flexibility index (Phi) is 15.0. The van der Waals surface area contributed by atoms with Crippen molar-refractivity contribution in [1.29, 1.82) is 0 Å². The Morgan fingerprint density at radius 3 is 2.02 bits per heavy atom. The average Bonchev–Trinajstić information content (AvgIpc) is 2.88. The van der Waals surface area contributed by atoms with Gasteiger partial charge in [-0.1, -0.05) is 26.0 Å². The number of aromatic hydroxyl groups is 1. The van der Waals surface area contributed by atoms with Crippen LogP contribution in [0.5, 0.6) is 5.75 Å². The van der Waals surface area contributed by atoms with E-state index < -0.39 is 47.9 Å². The molecule has 1 rings (SSSR count). The van der Waals surface area contributed by atoms with E-state index in [4.69, 9.17) is 22.9 Å². The van der Waals surface area contributed by atoms with Gasteiger partial charge in [0.1, 0.15) is 23.9 Å². The minimum atomic E-state index is -1.24. The summed E-state index contributed by atoms with van der Waals surface area (Å²) in [5.74, 6) is -3.45. The van der Waals surface area contributed by atoms with E-state index in [2.05, 4.69) is 20.9 Å². The summed E-state index contributed by atoms with van der Waals surface area (Å²) < 4.78 is 0. The smallest absolute Gasteiger partial charge is 0.326 e. The molecule has 0 saturated carbocycles. The van der Waals surface area contributed by atoms with Gasteiger partial charge in [0, 0.05) is 6.54 Å². The lowest BCUT2D eigenvalue weighted by Crippen LogP contribution is -2.58. The molecule has 0 aliphatic carbocycles. The first-order valence-electron chi connectivity index (χ1n) is 13.3. The molecule has 0 bridgehead atoms. The van der Waals surface area contributed by atoms with Crippen LogP contribution in [0, 0.1) is 5.92 Å². The fourth-order valence-electron chi connectivity index (χ4n) is 3.83. The van der Waals surface area contributed by atoms with E-state index in [1.54, 1.807) is 26.0 Å². The summed E-state index contributed by atoms with van der Waals surface area (Å²) in [6.07, 6.45) is 1.89. The summed E-state index contributed by atoms with van der Waals surface area (Å²) in [5, 5.41) is 26.8. The van der Waals surface area contributed by atoms with E-state index in [1.165, 1.54) is 12.1 Å². The van der Waals surface area contributed by atoms with E-state index in [0.717, 1.165) is 5.56 Å². The Balaban J connectivity index is 2.91. The van der Waals surface area contributed by atoms with Gasteiger partial charge in [-0.25, -0.2) is 4.79 Å². The van der Waals surface area contributed by atoms with Crippen LogP contribution in [0.15, 0.2) is 29.3 Å². The molecule has 0 radical (unpaired) electrons. The van der Waals surface area contributed by atoms with Crippen molar-refractivity contribution in [3.63, 3.8) is 0 Å². The molecule has 0 aliphatic heterocycles. The van der Waals surface area contributed by atoms with Gasteiger partial charge in [0.15, 0.2) is 5.96 Å². The minimum Gasteiger partial charge on any atom is -0.508 e. The molecular formula is C26H44N8O6. The summed E-state index contributed by atoms with van der Waals surface area (Å²) in [7, 11) is 0. The molecule has 0 spiro atoms. The number of aliphatic carboxylic acids is 1. The van der Waals surface area contributed by atoms with Crippen LogP contribution in [-0.2, 0) is 25.6 Å². The largest absolute Gasteiger partial charge is 0.508 e. The number of carbonyl (C=O) groups is 4. The highest BCUT2D eigenvalue weighted by atomic mass is 16.4. The normalized spacial score (nSPS) is 13.9. The van der Waals surface area contributed by atoms with Crippen LogP contribution >= 0.6 is 0 Å². The third-order valence-corrected chi connectivity index (χ3v) is 6.12. The number of nitrogens with zero attached hydrogens (tertiary/aromatic N) is 1. The summed E-state index contributed by atoms with van der Waals surface area (Å²) in [6, 6.07) is 2.03. The number of amides is 3. The highest BCUT2D eigenvalue weighted by Gasteiger charge is 2.31. The lowest BCUT2D eigenvalue weighted by Gasteiger charge is -2.27. The molecule has 40 heavy (non-hydrogen) atoms. The number of unbranched alkanes of at least 4 members (excludes halogenated alkanes) is 1. The zero-order chi connectivity index (χ0) is 30.2. The van der Waals surface area contributed by atoms with E-state index in [0.29, 0.717) is 25.8 Å². The predicted molar refractivity (Wildman–Crippen MR) is 151 cm³/mol. The third-order valence-electron chi connectivity index (χ3n) is 6.12. The maximum absolute atomic E-state index is 13.2. The fourth-order valence-corrected chi connectivity index (χ4v) is 3.83. The first-order chi connectivity index (χ1) is 18.8. The van der Waals surface area contributed by atoms with Crippen LogP contribution in [0.3, 0.4) is 0 Å². The monoisotopic (exact) mass is 564 g/mol. The average molecular weight is 565 g/mol. The Hall–Kier alpha value is -3.91. The number of rotatable bonds is 18. The zero-order valence-corrected chi connectivity index (χ0v) is 23.1. The van der Waals surface area contributed by atoms with Gasteiger partial charge in [0.05, 0.1) is 6.04 Å². The van der Waals surface area contributed by atoms with Gasteiger partial charge in [-0.05, 0) is 68.7 Å². The maximum atomic E-state index is 13.2. The molecular weight excluding hydrogens is 520 g/mol. The van der Waals surface area contributed by atoms with Crippen molar-refractivity contribution in [2.45, 2.75) is 76.5 Å². The number of guanidine groups is 1. The fraction of sp³-hybridized carbons (Fsp3) is 0.577. The molecule has 14 heteroatoms. The standard InChI is InChI=1S/C26H44N8O6/c1-15(2)21(34-22(36)18(28)14-16-8-10-17(35)11-9-16)24(38)32-19(6-3-4-12-27)23(37)33-20(25(39)40)7-5-13-31-26(29)30/h8-11,15,18-21,35H,3-7,12-14,27-28H2,1-2H3,(H,32,38)(H,33,37)(H,34,36)(H,39,40)(H4,29,30,31). The van der Waals surface area contributed by atoms with E-state index in [9.17, 15) is 29.4 Å². The lowest BCUT2D eigenvalue weighted by atomic mass is 10.00. The topological polar surface area (TPSA) is 261 Å². The van der Waals surface area contributed by atoms with Crippen molar-refractivity contribution >= 4 is 29.7 Å².